The first-order chi connectivity index (χ1) is 15.3. The fourth-order valence-electron chi connectivity index (χ4n) is 4.33. The molecule has 1 fully saturated rings. The summed E-state index contributed by atoms with van der Waals surface area (Å²) in [6.07, 6.45) is 5.24. The molecule has 170 valence electrons. The molecule has 1 heterocycles. The van der Waals surface area contributed by atoms with Crippen molar-refractivity contribution in [1.82, 2.24) is 4.90 Å². The van der Waals surface area contributed by atoms with Crippen molar-refractivity contribution in [3.63, 3.8) is 0 Å². The number of fused-ring (bicyclic) bond motifs is 1. The Kier molecular flexibility index (Phi) is 6.48. The van der Waals surface area contributed by atoms with Crippen LogP contribution >= 0.6 is 0 Å². The summed E-state index contributed by atoms with van der Waals surface area (Å²) in [7, 11) is -3.50. The second-order valence-corrected chi connectivity index (χ2v) is 10.5. The lowest BCUT2D eigenvalue weighted by atomic mass is 10.0. The maximum absolute atomic E-state index is 12.7. The maximum Gasteiger partial charge on any atom is 0.322 e. The van der Waals surface area contributed by atoms with Crippen molar-refractivity contribution in [2.45, 2.75) is 50.1 Å². The zero-order valence-electron chi connectivity index (χ0n) is 17.8. The van der Waals surface area contributed by atoms with Crippen LogP contribution in [0, 0.1) is 5.92 Å². The van der Waals surface area contributed by atoms with Crippen LogP contribution in [-0.2, 0) is 27.7 Å². The molecule has 0 radical (unpaired) electrons. The topological polar surface area (TPSA) is 122 Å². The maximum atomic E-state index is 12.7. The van der Waals surface area contributed by atoms with E-state index in [4.69, 9.17) is 5.73 Å². The molecule has 32 heavy (non-hydrogen) atoms. The number of benzene rings is 2. The Morgan fingerprint density at radius 2 is 1.56 bits per heavy atom. The molecule has 0 atom stereocenters. The van der Waals surface area contributed by atoms with Crippen LogP contribution in [0.2, 0.25) is 0 Å². The number of sulfone groups is 1. The number of urea groups is 1. The van der Waals surface area contributed by atoms with Crippen molar-refractivity contribution >= 4 is 33.2 Å². The van der Waals surface area contributed by atoms with E-state index in [0.717, 1.165) is 24.0 Å². The van der Waals surface area contributed by atoms with Gasteiger partial charge in [0.2, 0.25) is 5.91 Å². The molecule has 1 aliphatic carbocycles. The molecule has 2 aromatic rings. The van der Waals surface area contributed by atoms with Gasteiger partial charge in [-0.25, -0.2) is 13.2 Å². The number of carbonyl (C=O) groups is 2. The van der Waals surface area contributed by atoms with Gasteiger partial charge < -0.3 is 21.3 Å². The molecule has 0 unspecified atom stereocenters. The van der Waals surface area contributed by atoms with Crippen molar-refractivity contribution in [3.8, 4) is 0 Å². The predicted octanol–water partition coefficient (Wildman–Crippen LogP) is 3.44. The molecular weight excluding hydrogens is 428 g/mol. The molecule has 1 saturated carbocycles. The third kappa shape index (κ3) is 5.11. The number of hydrogen-bond acceptors (Lipinski definition) is 5. The van der Waals surface area contributed by atoms with Crippen LogP contribution in [0.5, 0.6) is 0 Å². The Balaban J connectivity index is 1.32. The van der Waals surface area contributed by atoms with E-state index in [1.54, 1.807) is 41.3 Å². The molecule has 0 bridgehead atoms. The van der Waals surface area contributed by atoms with Crippen LogP contribution in [0.15, 0.2) is 47.4 Å². The van der Waals surface area contributed by atoms with E-state index in [2.05, 4.69) is 10.6 Å². The average Bonchev–Trinajstić information content (AvgIpc) is 3.44. The smallest absolute Gasteiger partial charge is 0.322 e. The zero-order valence-corrected chi connectivity index (χ0v) is 18.7. The Morgan fingerprint density at radius 1 is 0.938 bits per heavy atom. The second-order valence-electron chi connectivity index (χ2n) is 8.48. The highest BCUT2D eigenvalue weighted by atomic mass is 32.2. The minimum Gasteiger partial charge on any atom is -0.326 e. The Morgan fingerprint density at radius 3 is 2.22 bits per heavy atom. The van der Waals surface area contributed by atoms with Crippen LogP contribution in [0.3, 0.4) is 0 Å². The number of nitrogens with zero attached hydrogens (tertiary/aromatic N) is 1. The summed E-state index contributed by atoms with van der Waals surface area (Å²) in [5, 5.41) is 5.77. The van der Waals surface area contributed by atoms with Gasteiger partial charge in [-0.3, -0.25) is 4.79 Å². The van der Waals surface area contributed by atoms with Gasteiger partial charge in [0.05, 0.1) is 4.90 Å². The third-order valence-electron chi connectivity index (χ3n) is 6.13. The molecule has 3 amide bonds. The lowest BCUT2D eigenvalue weighted by Gasteiger charge is -2.16. The van der Waals surface area contributed by atoms with Crippen molar-refractivity contribution in [2.24, 2.45) is 11.7 Å². The van der Waals surface area contributed by atoms with E-state index in [9.17, 15) is 18.0 Å². The number of nitrogens with two attached hydrogens (primary N) is 1. The summed E-state index contributed by atoms with van der Waals surface area (Å²) < 4.78 is 24.0. The van der Waals surface area contributed by atoms with Crippen molar-refractivity contribution in [3.05, 3.63) is 53.6 Å². The quantitative estimate of drug-likeness (QED) is 0.615. The molecule has 2 aliphatic rings. The van der Waals surface area contributed by atoms with Crippen LogP contribution < -0.4 is 16.4 Å². The van der Waals surface area contributed by atoms with Crippen LogP contribution in [0.1, 0.15) is 43.2 Å². The van der Waals surface area contributed by atoms with Crippen molar-refractivity contribution < 1.29 is 18.0 Å². The monoisotopic (exact) mass is 456 g/mol. The van der Waals surface area contributed by atoms with E-state index in [1.165, 1.54) is 18.9 Å². The van der Waals surface area contributed by atoms with E-state index in [1.807, 2.05) is 0 Å². The first kappa shape index (κ1) is 22.3. The highest BCUT2D eigenvalue weighted by Gasteiger charge is 2.25. The highest BCUT2D eigenvalue weighted by Crippen LogP contribution is 2.28. The largest absolute Gasteiger partial charge is 0.326 e. The number of amides is 3. The van der Waals surface area contributed by atoms with Gasteiger partial charge in [-0.2, -0.15) is 0 Å². The van der Waals surface area contributed by atoms with Crippen LogP contribution in [0.25, 0.3) is 0 Å². The molecular formula is C23H28N4O4S. The van der Waals surface area contributed by atoms with Gasteiger partial charge in [-0.15, -0.1) is 0 Å². The molecule has 0 aromatic heterocycles. The SMILES string of the molecule is NCS(=O)(=O)c1ccc2c(c1)CN(C(=O)Nc1ccc(NC(=O)CC3CCCC3)cc1)C2. The van der Waals surface area contributed by atoms with E-state index < -0.39 is 15.7 Å². The van der Waals surface area contributed by atoms with Crippen LogP contribution in [-0.4, -0.2) is 31.1 Å². The summed E-state index contributed by atoms with van der Waals surface area (Å²) in [5.41, 5.74) is 8.37. The molecule has 4 rings (SSSR count). The first-order valence-corrected chi connectivity index (χ1v) is 12.5. The molecule has 4 N–H and O–H groups in total. The van der Waals surface area contributed by atoms with Gasteiger partial charge >= 0.3 is 6.03 Å². The van der Waals surface area contributed by atoms with Gasteiger partial charge in [0.15, 0.2) is 9.84 Å². The summed E-state index contributed by atoms with van der Waals surface area (Å²) in [6, 6.07) is 11.6. The minimum absolute atomic E-state index is 0.0273. The molecule has 0 saturated heterocycles. The summed E-state index contributed by atoms with van der Waals surface area (Å²) >= 11 is 0. The standard InChI is InChI=1S/C23H28N4O4S/c24-15-32(30,31)21-10-5-17-13-27(14-18(17)12-21)23(29)26-20-8-6-19(7-9-20)25-22(28)11-16-3-1-2-4-16/h5-10,12,16H,1-4,11,13-15,24H2,(H,25,28)(H,26,29). The number of nitrogens with one attached hydrogen (secondary N) is 2. The molecule has 2 aromatic carbocycles. The fourth-order valence-corrected chi connectivity index (χ4v) is 5.12. The lowest BCUT2D eigenvalue weighted by Crippen LogP contribution is -2.30. The molecule has 1 aliphatic heterocycles. The number of rotatable bonds is 6. The van der Waals surface area contributed by atoms with E-state index in [-0.39, 0.29) is 16.8 Å². The van der Waals surface area contributed by atoms with Gasteiger partial charge in [0, 0.05) is 30.9 Å². The van der Waals surface area contributed by atoms with Crippen molar-refractivity contribution in [1.29, 1.82) is 0 Å². The Labute approximate surface area is 188 Å². The minimum atomic E-state index is -3.50. The first-order valence-electron chi connectivity index (χ1n) is 10.8. The average molecular weight is 457 g/mol. The summed E-state index contributed by atoms with van der Waals surface area (Å²) in [5.74, 6) is 0.0664. The summed E-state index contributed by atoms with van der Waals surface area (Å²) in [6.45, 7) is 0.726. The summed E-state index contributed by atoms with van der Waals surface area (Å²) in [4.78, 5) is 26.7. The zero-order chi connectivity index (χ0) is 22.7. The third-order valence-corrected chi connectivity index (χ3v) is 7.55. The Bertz CT molecular complexity index is 1110. The molecule has 0 spiro atoms. The van der Waals surface area contributed by atoms with Gasteiger partial charge in [-0.1, -0.05) is 18.9 Å². The highest BCUT2D eigenvalue weighted by molar-refractivity contribution is 7.91. The van der Waals surface area contributed by atoms with Gasteiger partial charge in [0.25, 0.3) is 0 Å². The second kappa shape index (κ2) is 9.30. The van der Waals surface area contributed by atoms with E-state index in [0.29, 0.717) is 36.8 Å². The van der Waals surface area contributed by atoms with Gasteiger partial charge in [0.1, 0.15) is 5.88 Å². The molecule has 9 heteroatoms. The Hall–Kier alpha value is -2.91. The van der Waals surface area contributed by atoms with Crippen LogP contribution in [0.4, 0.5) is 16.2 Å². The normalized spacial score (nSPS) is 16.1. The number of hydrogen-bond donors (Lipinski definition) is 3. The molecule has 8 nitrogen and oxygen atoms in total. The number of carbonyl (C=O) groups excluding carboxylic acids is 2. The lowest BCUT2D eigenvalue weighted by molar-refractivity contribution is -0.117. The van der Waals surface area contributed by atoms with E-state index >= 15 is 0 Å². The van der Waals surface area contributed by atoms with Crippen molar-refractivity contribution in [2.75, 3.05) is 16.5 Å². The predicted molar refractivity (Wildman–Crippen MR) is 123 cm³/mol. The van der Waals surface area contributed by atoms with Gasteiger partial charge in [-0.05, 0) is 66.3 Å². The fraction of sp³-hybridized carbons (Fsp3) is 0.391. The number of anilines is 2.